The van der Waals surface area contributed by atoms with E-state index in [4.69, 9.17) is 5.73 Å². The first-order chi connectivity index (χ1) is 9.29. The van der Waals surface area contributed by atoms with E-state index in [1.807, 2.05) is 18.7 Å². The van der Waals surface area contributed by atoms with Crippen molar-refractivity contribution in [3.63, 3.8) is 0 Å². The molecule has 1 heterocycles. The minimum Gasteiger partial charge on any atom is -0.350 e. The Kier molecular flexibility index (Phi) is 6.35. The summed E-state index contributed by atoms with van der Waals surface area (Å²) in [4.78, 5) is 14.6. The van der Waals surface area contributed by atoms with Gasteiger partial charge in [-0.15, -0.1) is 0 Å². The van der Waals surface area contributed by atoms with Crippen molar-refractivity contribution in [2.24, 2.45) is 5.73 Å². The van der Waals surface area contributed by atoms with E-state index in [-0.39, 0.29) is 22.2 Å². The van der Waals surface area contributed by atoms with E-state index in [1.165, 1.54) is 0 Å². The molecule has 1 rings (SSSR count). The summed E-state index contributed by atoms with van der Waals surface area (Å²) >= 11 is 1.88. The first kappa shape index (κ1) is 17.8. The molecular formula is C15H31N3OS. The predicted octanol–water partition coefficient (Wildman–Crippen LogP) is 1.84. The summed E-state index contributed by atoms with van der Waals surface area (Å²) in [6.07, 6.45) is 5.22. The third-order valence-electron chi connectivity index (χ3n) is 4.79. The van der Waals surface area contributed by atoms with Crippen LogP contribution in [0.2, 0.25) is 0 Å². The van der Waals surface area contributed by atoms with Crippen molar-refractivity contribution in [3.8, 4) is 0 Å². The average molecular weight is 302 g/mol. The lowest BCUT2D eigenvalue weighted by atomic mass is 9.94. The number of rotatable bonds is 6. The Balaban J connectivity index is 2.54. The molecule has 20 heavy (non-hydrogen) atoms. The third-order valence-corrected chi connectivity index (χ3v) is 6.23. The molecular weight excluding hydrogens is 270 g/mol. The van der Waals surface area contributed by atoms with Crippen LogP contribution >= 0.6 is 11.8 Å². The summed E-state index contributed by atoms with van der Waals surface area (Å²) in [6.45, 7) is 10.9. The van der Waals surface area contributed by atoms with Gasteiger partial charge in [-0.25, -0.2) is 0 Å². The highest BCUT2D eigenvalue weighted by Crippen LogP contribution is 2.34. The fourth-order valence-electron chi connectivity index (χ4n) is 2.50. The predicted molar refractivity (Wildman–Crippen MR) is 88.1 cm³/mol. The second kappa shape index (κ2) is 7.14. The Hall–Kier alpha value is -0.260. The zero-order chi connectivity index (χ0) is 15.4. The van der Waals surface area contributed by atoms with Crippen LogP contribution in [0.4, 0.5) is 0 Å². The van der Waals surface area contributed by atoms with Gasteiger partial charge in [-0.05, 0) is 46.3 Å². The number of carbonyl (C=O) groups excluding carboxylic acids is 1. The number of nitrogens with zero attached hydrogens (tertiary/aromatic N) is 1. The molecule has 0 bridgehead atoms. The molecule has 1 unspecified atom stereocenters. The van der Waals surface area contributed by atoms with Crippen molar-refractivity contribution >= 4 is 17.7 Å². The lowest BCUT2D eigenvalue weighted by molar-refractivity contribution is -0.128. The first-order valence-corrected chi connectivity index (χ1v) is 8.83. The van der Waals surface area contributed by atoms with E-state index in [0.717, 1.165) is 38.9 Å². The minimum atomic E-state index is -0.124. The van der Waals surface area contributed by atoms with Gasteiger partial charge in [0.2, 0.25) is 5.91 Å². The number of piperidine rings is 1. The summed E-state index contributed by atoms with van der Waals surface area (Å²) in [6, 6.07) is -0.0570. The molecule has 1 fully saturated rings. The zero-order valence-electron chi connectivity index (χ0n) is 13.7. The third kappa shape index (κ3) is 4.37. The van der Waals surface area contributed by atoms with Crippen LogP contribution in [0.5, 0.6) is 0 Å². The molecule has 1 aliphatic rings. The van der Waals surface area contributed by atoms with E-state index in [2.05, 4.69) is 37.2 Å². The van der Waals surface area contributed by atoms with Crippen molar-refractivity contribution in [1.29, 1.82) is 0 Å². The standard InChI is InChI=1S/C15H31N3OS/c1-6-14(3,4)17-13(19)12(2)18-9-7-15(11-16,20-5)8-10-18/h12H,6-11,16H2,1-5H3,(H,17,19). The highest BCUT2D eigenvalue weighted by Gasteiger charge is 2.35. The number of thioether (sulfide) groups is 1. The normalized spacial score (nSPS) is 21.5. The van der Waals surface area contributed by atoms with Crippen LogP contribution in [-0.2, 0) is 4.79 Å². The summed E-state index contributed by atoms with van der Waals surface area (Å²) < 4.78 is 0.218. The smallest absolute Gasteiger partial charge is 0.237 e. The second-order valence-corrected chi connectivity index (χ2v) is 7.80. The van der Waals surface area contributed by atoms with Crippen molar-refractivity contribution in [3.05, 3.63) is 0 Å². The molecule has 0 radical (unpaired) electrons. The van der Waals surface area contributed by atoms with Gasteiger partial charge in [-0.3, -0.25) is 9.69 Å². The van der Waals surface area contributed by atoms with Gasteiger partial charge in [-0.1, -0.05) is 6.92 Å². The minimum absolute atomic E-state index is 0.0570. The number of hydrogen-bond acceptors (Lipinski definition) is 4. The summed E-state index contributed by atoms with van der Waals surface area (Å²) in [5.74, 6) is 0.140. The van der Waals surface area contributed by atoms with Gasteiger partial charge in [0.15, 0.2) is 0 Å². The Morgan fingerprint density at radius 3 is 2.40 bits per heavy atom. The molecule has 0 aromatic carbocycles. The molecule has 1 amide bonds. The Labute approximate surface area is 128 Å². The van der Waals surface area contributed by atoms with Gasteiger partial charge in [0, 0.05) is 29.9 Å². The average Bonchev–Trinajstić information content (AvgIpc) is 2.46. The number of carbonyl (C=O) groups is 1. The van der Waals surface area contributed by atoms with E-state index in [1.54, 1.807) is 0 Å². The lowest BCUT2D eigenvalue weighted by Gasteiger charge is -2.42. The molecule has 1 atom stereocenters. The van der Waals surface area contributed by atoms with Crippen LogP contribution in [0.3, 0.4) is 0 Å². The van der Waals surface area contributed by atoms with Crippen LogP contribution in [-0.4, -0.2) is 53.0 Å². The molecule has 0 aromatic rings. The van der Waals surface area contributed by atoms with E-state index in [0.29, 0.717) is 0 Å². The number of nitrogens with one attached hydrogen (secondary N) is 1. The Morgan fingerprint density at radius 2 is 2.00 bits per heavy atom. The van der Waals surface area contributed by atoms with E-state index < -0.39 is 0 Å². The maximum Gasteiger partial charge on any atom is 0.237 e. The molecule has 3 N–H and O–H groups in total. The summed E-state index contributed by atoms with van der Waals surface area (Å²) in [7, 11) is 0. The molecule has 1 aliphatic heterocycles. The van der Waals surface area contributed by atoms with Gasteiger partial charge in [-0.2, -0.15) is 11.8 Å². The van der Waals surface area contributed by atoms with Crippen LogP contribution in [0, 0.1) is 0 Å². The zero-order valence-corrected chi connectivity index (χ0v) is 14.5. The molecule has 118 valence electrons. The molecule has 5 heteroatoms. The molecule has 0 saturated carbocycles. The fourth-order valence-corrected chi connectivity index (χ4v) is 3.26. The topological polar surface area (TPSA) is 58.4 Å². The molecule has 4 nitrogen and oxygen atoms in total. The Bertz CT molecular complexity index is 319. The molecule has 0 aromatic heterocycles. The lowest BCUT2D eigenvalue weighted by Crippen LogP contribution is -2.55. The van der Waals surface area contributed by atoms with Gasteiger partial charge in [0.25, 0.3) is 0 Å². The number of amides is 1. The van der Waals surface area contributed by atoms with Gasteiger partial charge < -0.3 is 11.1 Å². The molecule has 1 saturated heterocycles. The van der Waals surface area contributed by atoms with Gasteiger partial charge >= 0.3 is 0 Å². The van der Waals surface area contributed by atoms with Crippen LogP contribution in [0.1, 0.15) is 47.0 Å². The summed E-state index contributed by atoms with van der Waals surface area (Å²) in [5, 5.41) is 3.14. The molecule has 0 aliphatic carbocycles. The number of hydrogen-bond donors (Lipinski definition) is 2. The van der Waals surface area contributed by atoms with E-state index in [9.17, 15) is 4.79 Å². The van der Waals surface area contributed by atoms with Crippen molar-refractivity contribution < 1.29 is 4.79 Å². The maximum absolute atomic E-state index is 12.3. The Morgan fingerprint density at radius 1 is 1.45 bits per heavy atom. The first-order valence-electron chi connectivity index (χ1n) is 7.60. The van der Waals surface area contributed by atoms with Gasteiger partial charge in [0.1, 0.15) is 0 Å². The molecule has 0 spiro atoms. The number of nitrogens with two attached hydrogens (primary N) is 1. The summed E-state index contributed by atoms with van der Waals surface area (Å²) in [5.41, 5.74) is 5.79. The maximum atomic E-state index is 12.3. The van der Waals surface area contributed by atoms with Crippen LogP contribution < -0.4 is 11.1 Å². The van der Waals surface area contributed by atoms with Crippen molar-refractivity contribution in [2.75, 3.05) is 25.9 Å². The second-order valence-electron chi connectivity index (χ2n) is 6.53. The van der Waals surface area contributed by atoms with Crippen molar-refractivity contribution in [1.82, 2.24) is 10.2 Å². The fraction of sp³-hybridized carbons (Fsp3) is 0.933. The highest BCUT2D eigenvalue weighted by molar-refractivity contribution is 8.00. The largest absolute Gasteiger partial charge is 0.350 e. The highest BCUT2D eigenvalue weighted by atomic mass is 32.2. The van der Waals surface area contributed by atoms with Crippen LogP contribution in [0.25, 0.3) is 0 Å². The van der Waals surface area contributed by atoms with Gasteiger partial charge in [0.05, 0.1) is 6.04 Å². The van der Waals surface area contributed by atoms with Crippen LogP contribution in [0.15, 0.2) is 0 Å². The SMILES string of the molecule is CCC(C)(C)NC(=O)C(C)N1CCC(CN)(SC)CC1. The number of likely N-dealkylation sites (tertiary alicyclic amines) is 1. The quantitative estimate of drug-likeness (QED) is 0.786. The monoisotopic (exact) mass is 301 g/mol. The van der Waals surface area contributed by atoms with E-state index >= 15 is 0 Å². The van der Waals surface area contributed by atoms with Crippen molar-refractivity contribution in [2.45, 2.75) is 63.3 Å².